The van der Waals surface area contributed by atoms with Crippen LogP contribution in [0.1, 0.15) is 5.56 Å². The van der Waals surface area contributed by atoms with Crippen LogP contribution in [0.15, 0.2) is 77.7 Å². The average Bonchev–Trinajstić information content (AvgIpc) is 2.92. The molecule has 1 amide bonds. The van der Waals surface area contributed by atoms with Gasteiger partial charge >= 0.3 is 0 Å². The van der Waals surface area contributed by atoms with Crippen LogP contribution < -0.4 is 18.7 Å². The first-order valence-electron chi connectivity index (χ1n) is 11.7. The first-order chi connectivity index (χ1) is 17.3. The normalized spacial score (nSPS) is 13.9. The molecule has 1 saturated heterocycles. The number of nitrogens with zero attached hydrogens (tertiary/aromatic N) is 3. The zero-order valence-electron chi connectivity index (χ0n) is 20.8. The summed E-state index contributed by atoms with van der Waals surface area (Å²) < 4.78 is 39.6. The van der Waals surface area contributed by atoms with E-state index in [4.69, 9.17) is 9.47 Å². The molecule has 0 aliphatic carbocycles. The van der Waals surface area contributed by atoms with Gasteiger partial charge in [-0.1, -0.05) is 35.9 Å². The fourth-order valence-corrected chi connectivity index (χ4v) is 5.62. The highest BCUT2D eigenvalue weighted by Crippen LogP contribution is 2.36. The quantitative estimate of drug-likeness (QED) is 0.462. The Bertz CT molecular complexity index is 1290. The summed E-state index contributed by atoms with van der Waals surface area (Å²) in [5.41, 5.74) is 2.29. The molecule has 3 aromatic carbocycles. The fraction of sp³-hybridized carbons (Fsp3) is 0.296. The number of aryl methyl sites for hydroxylation is 1. The van der Waals surface area contributed by atoms with E-state index in [1.165, 1.54) is 14.2 Å². The Morgan fingerprint density at radius 3 is 2.17 bits per heavy atom. The minimum atomic E-state index is -4.08. The number of ether oxygens (including phenoxy) is 2. The molecule has 1 aliphatic heterocycles. The molecule has 1 aliphatic rings. The standard InChI is InChI=1S/C27H31N3O5S/c1-21-9-12-24(13-10-21)36(32,33)30(25-19-23(34-2)11-14-26(25)35-3)20-27(31)29-17-15-28(16-18-29)22-7-5-4-6-8-22/h4-14,19H,15-18,20H2,1-3H3. The number of para-hydroxylation sites is 1. The van der Waals surface area contributed by atoms with Gasteiger partial charge in [-0.25, -0.2) is 8.42 Å². The second-order valence-electron chi connectivity index (χ2n) is 8.57. The van der Waals surface area contributed by atoms with Gasteiger partial charge in [-0.05, 0) is 43.3 Å². The lowest BCUT2D eigenvalue weighted by atomic mass is 10.2. The van der Waals surface area contributed by atoms with Gasteiger partial charge in [-0.15, -0.1) is 0 Å². The monoisotopic (exact) mass is 509 g/mol. The lowest BCUT2D eigenvalue weighted by molar-refractivity contribution is -0.129. The SMILES string of the molecule is COc1ccc(OC)c(N(CC(=O)N2CCN(c3ccccc3)CC2)S(=O)(=O)c2ccc(C)cc2)c1. The fourth-order valence-electron chi connectivity index (χ4n) is 4.20. The summed E-state index contributed by atoms with van der Waals surface area (Å²) in [6, 6.07) is 21.5. The van der Waals surface area contributed by atoms with Crippen molar-refractivity contribution >= 4 is 27.3 Å². The molecule has 0 unspecified atom stereocenters. The molecule has 0 saturated carbocycles. The maximum Gasteiger partial charge on any atom is 0.264 e. The van der Waals surface area contributed by atoms with Crippen molar-refractivity contribution in [2.75, 3.05) is 56.1 Å². The van der Waals surface area contributed by atoms with Crippen molar-refractivity contribution in [3.63, 3.8) is 0 Å². The van der Waals surface area contributed by atoms with Crippen molar-refractivity contribution in [1.29, 1.82) is 0 Å². The number of piperazine rings is 1. The molecule has 0 spiro atoms. The number of carbonyl (C=O) groups is 1. The third kappa shape index (κ3) is 5.41. The lowest BCUT2D eigenvalue weighted by Gasteiger charge is -2.37. The van der Waals surface area contributed by atoms with Crippen LogP contribution >= 0.6 is 0 Å². The summed E-state index contributed by atoms with van der Waals surface area (Å²) in [6.45, 7) is 3.87. The van der Waals surface area contributed by atoms with Gasteiger partial charge in [-0.2, -0.15) is 0 Å². The van der Waals surface area contributed by atoms with Crippen LogP contribution in [-0.4, -0.2) is 66.2 Å². The summed E-state index contributed by atoms with van der Waals surface area (Å²) >= 11 is 0. The molecular formula is C27H31N3O5S. The molecule has 0 aromatic heterocycles. The minimum absolute atomic E-state index is 0.0969. The number of amides is 1. The maximum absolute atomic E-state index is 13.8. The van der Waals surface area contributed by atoms with Crippen molar-refractivity contribution in [1.82, 2.24) is 4.90 Å². The Kier molecular flexibility index (Phi) is 7.69. The average molecular weight is 510 g/mol. The molecule has 3 aromatic rings. The highest BCUT2D eigenvalue weighted by atomic mass is 32.2. The van der Waals surface area contributed by atoms with E-state index in [0.717, 1.165) is 15.6 Å². The maximum atomic E-state index is 13.8. The number of hydrogen-bond donors (Lipinski definition) is 0. The van der Waals surface area contributed by atoms with E-state index < -0.39 is 10.0 Å². The van der Waals surface area contributed by atoms with Crippen molar-refractivity contribution in [2.45, 2.75) is 11.8 Å². The molecular weight excluding hydrogens is 478 g/mol. The molecule has 9 heteroatoms. The molecule has 4 rings (SSSR count). The van der Waals surface area contributed by atoms with E-state index in [-0.39, 0.29) is 23.0 Å². The summed E-state index contributed by atoms with van der Waals surface area (Å²) in [7, 11) is -1.11. The minimum Gasteiger partial charge on any atom is -0.497 e. The number of rotatable bonds is 8. The predicted molar refractivity (Wildman–Crippen MR) is 140 cm³/mol. The van der Waals surface area contributed by atoms with Gasteiger partial charge in [0.25, 0.3) is 10.0 Å². The number of sulfonamides is 1. The highest BCUT2D eigenvalue weighted by molar-refractivity contribution is 7.92. The van der Waals surface area contributed by atoms with Gasteiger partial charge in [0.1, 0.15) is 18.0 Å². The van der Waals surface area contributed by atoms with Crippen LogP contribution in [-0.2, 0) is 14.8 Å². The Morgan fingerprint density at radius 1 is 0.889 bits per heavy atom. The highest BCUT2D eigenvalue weighted by Gasteiger charge is 2.32. The molecule has 0 radical (unpaired) electrons. The molecule has 36 heavy (non-hydrogen) atoms. The number of anilines is 2. The molecule has 0 bridgehead atoms. The second-order valence-corrected chi connectivity index (χ2v) is 10.4. The van der Waals surface area contributed by atoms with Gasteiger partial charge in [0.15, 0.2) is 0 Å². The van der Waals surface area contributed by atoms with Crippen LogP contribution in [0.5, 0.6) is 11.5 Å². The Balaban J connectivity index is 1.62. The van der Waals surface area contributed by atoms with Crippen LogP contribution in [0.25, 0.3) is 0 Å². The predicted octanol–water partition coefficient (Wildman–Crippen LogP) is 3.56. The Labute approximate surface area is 212 Å². The van der Waals surface area contributed by atoms with Gasteiger partial charge in [0.2, 0.25) is 5.91 Å². The molecule has 1 fully saturated rings. The molecule has 1 heterocycles. The van der Waals surface area contributed by atoms with Crippen molar-refractivity contribution in [3.05, 3.63) is 78.4 Å². The van der Waals surface area contributed by atoms with E-state index in [0.29, 0.717) is 37.7 Å². The summed E-state index contributed by atoms with van der Waals surface area (Å²) in [5, 5.41) is 0. The summed E-state index contributed by atoms with van der Waals surface area (Å²) in [5.74, 6) is 0.510. The first-order valence-corrected chi connectivity index (χ1v) is 13.2. The number of methoxy groups -OCH3 is 2. The third-order valence-corrected chi connectivity index (χ3v) is 8.07. The van der Waals surface area contributed by atoms with Crippen LogP contribution in [0.3, 0.4) is 0 Å². The Morgan fingerprint density at radius 2 is 1.56 bits per heavy atom. The van der Waals surface area contributed by atoms with Crippen molar-refractivity contribution in [2.24, 2.45) is 0 Å². The third-order valence-electron chi connectivity index (χ3n) is 6.30. The lowest BCUT2D eigenvalue weighted by Crippen LogP contribution is -2.52. The zero-order valence-corrected chi connectivity index (χ0v) is 21.6. The van der Waals surface area contributed by atoms with Crippen LogP contribution in [0.4, 0.5) is 11.4 Å². The topological polar surface area (TPSA) is 79.4 Å². The number of hydrogen-bond acceptors (Lipinski definition) is 6. The number of carbonyl (C=O) groups excluding carboxylic acids is 1. The van der Waals surface area contributed by atoms with E-state index >= 15 is 0 Å². The van der Waals surface area contributed by atoms with Gasteiger partial charge in [0, 0.05) is 37.9 Å². The van der Waals surface area contributed by atoms with Crippen LogP contribution in [0.2, 0.25) is 0 Å². The second kappa shape index (κ2) is 10.9. The smallest absolute Gasteiger partial charge is 0.264 e. The van der Waals surface area contributed by atoms with E-state index in [1.807, 2.05) is 37.3 Å². The van der Waals surface area contributed by atoms with E-state index in [9.17, 15) is 13.2 Å². The summed E-state index contributed by atoms with van der Waals surface area (Å²) in [4.78, 5) is 17.5. The van der Waals surface area contributed by atoms with Gasteiger partial charge in [-0.3, -0.25) is 9.10 Å². The van der Waals surface area contributed by atoms with Crippen LogP contribution in [0, 0.1) is 6.92 Å². The Hall–Kier alpha value is -3.72. The summed E-state index contributed by atoms with van der Waals surface area (Å²) in [6.07, 6.45) is 0. The molecule has 190 valence electrons. The van der Waals surface area contributed by atoms with Gasteiger partial charge in [0.05, 0.1) is 24.8 Å². The first kappa shape index (κ1) is 25.4. The van der Waals surface area contributed by atoms with E-state index in [2.05, 4.69) is 4.90 Å². The van der Waals surface area contributed by atoms with E-state index in [1.54, 1.807) is 47.4 Å². The van der Waals surface area contributed by atoms with Crippen molar-refractivity contribution < 1.29 is 22.7 Å². The van der Waals surface area contributed by atoms with Crippen molar-refractivity contribution in [3.8, 4) is 11.5 Å². The zero-order chi connectivity index (χ0) is 25.7. The molecule has 8 nitrogen and oxygen atoms in total. The largest absolute Gasteiger partial charge is 0.497 e. The molecule has 0 N–H and O–H groups in total. The number of benzene rings is 3. The molecule has 0 atom stereocenters. The van der Waals surface area contributed by atoms with Gasteiger partial charge < -0.3 is 19.3 Å².